The van der Waals surface area contributed by atoms with Gasteiger partial charge in [-0.1, -0.05) is 59.6 Å². The second kappa shape index (κ2) is 8.66. The molecule has 0 atom stereocenters. The average Bonchev–Trinajstić information content (AvgIpc) is 3.41. The fraction of sp³-hybridized carbons (Fsp3) is 0. The zero-order valence-electron chi connectivity index (χ0n) is 17.2. The highest BCUT2D eigenvalue weighted by molar-refractivity contribution is 6.35. The average molecular weight is 474 g/mol. The zero-order valence-corrected chi connectivity index (χ0v) is 18.7. The molecule has 1 aliphatic heterocycles. The Labute approximate surface area is 200 Å². The summed E-state index contributed by atoms with van der Waals surface area (Å²) in [6.45, 7) is 0. The highest BCUT2D eigenvalue weighted by atomic mass is 35.5. The van der Waals surface area contributed by atoms with E-state index in [0.29, 0.717) is 44.1 Å². The molecule has 3 aromatic carbocycles. The minimum Gasteiger partial charge on any atom is -0.508 e. The van der Waals surface area contributed by atoms with Crippen LogP contribution in [0.2, 0.25) is 10.0 Å². The SMILES string of the molecule is O=C1/C(=C/c2ccc(-c3cc(Cl)ccc3Cl)o2)C=C(c2ccccc2)N1c1cccc(O)c1. The van der Waals surface area contributed by atoms with Gasteiger partial charge in [0.05, 0.1) is 16.4 Å². The Morgan fingerprint density at radius 1 is 0.879 bits per heavy atom. The van der Waals surface area contributed by atoms with Gasteiger partial charge in [0.2, 0.25) is 0 Å². The van der Waals surface area contributed by atoms with Crippen LogP contribution in [0, 0.1) is 0 Å². The normalized spacial score (nSPS) is 14.7. The second-order valence-corrected chi connectivity index (χ2v) is 8.33. The van der Waals surface area contributed by atoms with Crippen LogP contribution in [0.25, 0.3) is 23.1 Å². The fourth-order valence-corrected chi connectivity index (χ4v) is 4.12. The highest BCUT2D eigenvalue weighted by Crippen LogP contribution is 2.37. The number of halogens is 2. The number of furan rings is 1. The molecule has 1 N–H and O–H groups in total. The van der Waals surface area contributed by atoms with Crippen molar-refractivity contribution in [3.8, 4) is 17.1 Å². The Kier molecular flexibility index (Phi) is 5.55. The number of phenolic OH excluding ortho intramolecular Hbond substituents is 1. The Balaban J connectivity index is 1.56. The van der Waals surface area contributed by atoms with E-state index in [1.54, 1.807) is 65.6 Å². The minimum absolute atomic E-state index is 0.0826. The summed E-state index contributed by atoms with van der Waals surface area (Å²) in [5.41, 5.74) is 3.29. The molecule has 4 nitrogen and oxygen atoms in total. The first-order valence-corrected chi connectivity index (χ1v) is 10.9. The minimum atomic E-state index is -0.224. The van der Waals surface area contributed by atoms with Gasteiger partial charge in [0.15, 0.2) is 0 Å². The number of benzene rings is 3. The number of carbonyl (C=O) groups excluding carboxylic acids is 1. The lowest BCUT2D eigenvalue weighted by molar-refractivity contribution is -0.113. The van der Waals surface area contributed by atoms with Crippen LogP contribution in [-0.2, 0) is 4.79 Å². The van der Waals surface area contributed by atoms with E-state index in [4.69, 9.17) is 27.6 Å². The standard InChI is InChI=1S/C27H17Cl2NO3/c28-19-9-11-24(29)23(15-19)26-12-10-22(33-26)13-18-14-25(17-5-2-1-3-6-17)30(27(18)32)20-7-4-8-21(31)16-20/h1-16,31H/b18-13+. The first-order chi connectivity index (χ1) is 16.0. The van der Waals surface area contributed by atoms with Crippen LogP contribution in [0.15, 0.2) is 101 Å². The van der Waals surface area contributed by atoms with E-state index in [-0.39, 0.29) is 11.7 Å². The number of phenols is 1. The van der Waals surface area contributed by atoms with Crippen molar-refractivity contribution in [2.24, 2.45) is 0 Å². The number of amides is 1. The molecule has 0 aliphatic carbocycles. The quantitative estimate of drug-likeness (QED) is 0.313. The molecule has 1 amide bonds. The Hall–Kier alpha value is -3.73. The topological polar surface area (TPSA) is 53.7 Å². The van der Waals surface area contributed by atoms with Gasteiger partial charge in [0.1, 0.15) is 17.3 Å². The van der Waals surface area contributed by atoms with Gasteiger partial charge < -0.3 is 9.52 Å². The van der Waals surface area contributed by atoms with Gasteiger partial charge in [-0.15, -0.1) is 0 Å². The van der Waals surface area contributed by atoms with Gasteiger partial charge >= 0.3 is 0 Å². The third kappa shape index (κ3) is 4.19. The van der Waals surface area contributed by atoms with Crippen molar-refractivity contribution in [2.75, 3.05) is 4.90 Å². The number of hydrogen-bond acceptors (Lipinski definition) is 3. The molecule has 1 aliphatic rings. The van der Waals surface area contributed by atoms with E-state index in [0.717, 1.165) is 5.56 Å². The van der Waals surface area contributed by atoms with Gasteiger partial charge in [-0.05, 0) is 60.2 Å². The van der Waals surface area contributed by atoms with Crippen LogP contribution >= 0.6 is 23.2 Å². The van der Waals surface area contributed by atoms with Gasteiger partial charge in [-0.25, -0.2) is 0 Å². The fourth-order valence-electron chi connectivity index (χ4n) is 3.74. The Bertz CT molecular complexity index is 1420. The Morgan fingerprint density at radius 3 is 2.48 bits per heavy atom. The molecule has 0 saturated heterocycles. The van der Waals surface area contributed by atoms with Gasteiger partial charge in [-0.3, -0.25) is 9.69 Å². The molecule has 2 heterocycles. The van der Waals surface area contributed by atoms with Crippen molar-refractivity contribution >= 4 is 46.6 Å². The molecule has 6 heteroatoms. The summed E-state index contributed by atoms with van der Waals surface area (Å²) in [5.74, 6) is 0.917. The van der Waals surface area contributed by atoms with Gasteiger partial charge in [-0.2, -0.15) is 0 Å². The third-order valence-electron chi connectivity index (χ3n) is 5.26. The largest absolute Gasteiger partial charge is 0.508 e. The van der Waals surface area contributed by atoms with E-state index in [2.05, 4.69) is 0 Å². The number of anilines is 1. The van der Waals surface area contributed by atoms with E-state index in [1.807, 2.05) is 36.4 Å². The van der Waals surface area contributed by atoms with Crippen LogP contribution in [0.4, 0.5) is 5.69 Å². The maximum absolute atomic E-state index is 13.4. The molecule has 0 unspecified atom stereocenters. The van der Waals surface area contributed by atoms with Crippen LogP contribution < -0.4 is 4.90 Å². The van der Waals surface area contributed by atoms with Crippen molar-refractivity contribution in [3.63, 3.8) is 0 Å². The highest BCUT2D eigenvalue weighted by Gasteiger charge is 2.30. The third-order valence-corrected chi connectivity index (χ3v) is 5.82. The summed E-state index contributed by atoms with van der Waals surface area (Å²) in [6.07, 6.45) is 3.51. The molecule has 33 heavy (non-hydrogen) atoms. The van der Waals surface area contributed by atoms with Crippen molar-refractivity contribution in [1.29, 1.82) is 0 Å². The molecule has 162 valence electrons. The molecule has 1 aromatic heterocycles. The van der Waals surface area contributed by atoms with E-state index in [1.165, 1.54) is 0 Å². The monoisotopic (exact) mass is 473 g/mol. The summed E-state index contributed by atoms with van der Waals surface area (Å²) >= 11 is 12.4. The van der Waals surface area contributed by atoms with Crippen molar-refractivity contribution < 1.29 is 14.3 Å². The summed E-state index contributed by atoms with van der Waals surface area (Å²) < 4.78 is 5.96. The smallest absolute Gasteiger partial charge is 0.263 e. The number of nitrogens with zero attached hydrogens (tertiary/aromatic N) is 1. The number of hydrogen-bond donors (Lipinski definition) is 1. The molecular formula is C27H17Cl2NO3. The maximum Gasteiger partial charge on any atom is 0.263 e. The predicted octanol–water partition coefficient (Wildman–Crippen LogP) is 7.43. The van der Waals surface area contributed by atoms with E-state index < -0.39 is 0 Å². The van der Waals surface area contributed by atoms with Gasteiger partial charge in [0.25, 0.3) is 5.91 Å². The summed E-state index contributed by atoms with van der Waals surface area (Å²) in [4.78, 5) is 15.0. The zero-order chi connectivity index (χ0) is 22.9. The van der Waals surface area contributed by atoms with Crippen LogP contribution in [0.3, 0.4) is 0 Å². The van der Waals surface area contributed by atoms with Crippen molar-refractivity contribution in [3.05, 3.63) is 118 Å². The molecule has 0 saturated carbocycles. The number of aromatic hydroxyl groups is 1. The van der Waals surface area contributed by atoms with E-state index >= 15 is 0 Å². The maximum atomic E-state index is 13.4. The van der Waals surface area contributed by atoms with Crippen LogP contribution in [0.5, 0.6) is 5.75 Å². The lowest BCUT2D eigenvalue weighted by Crippen LogP contribution is -2.24. The number of carbonyl (C=O) groups is 1. The van der Waals surface area contributed by atoms with E-state index in [9.17, 15) is 9.90 Å². The number of rotatable bonds is 4. The molecule has 4 aromatic rings. The lowest BCUT2D eigenvalue weighted by atomic mass is 10.1. The van der Waals surface area contributed by atoms with Crippen molar-refractivity contribution in [1.82, 2.24) is 0 Å². The van der Waals surface area contributed by atoms with Crippen LogP contribution in [0.1, 0.15) is 11.3 Å². The lowest BCUT2D eigenvalue weighted by Gasteiger charge is -2.21. The summed E-state index contributed by atoms with van der Waals surface area (Å²) in [5, 5.41) is 11.0. The Morgan fingerprint density at radius 2 is 1.70 bits per heavy atom. The molecule has 0 fully saturated rings. The molecule has 0 bridgehead atoms. The summed E-state index contributed by atoms with van der Waals surface area (Å²) in [6, 6.07) is 24.9. The molecule has 0 radical (unpaired) electrons. The van der Waals surface area contributed by atoms with Gasteiger partial charge in [0, 0.05) is 22.2 Å². The second-order valence-electron chi connectivity index (χ2n) is 7.48. The van der Waals surface area contributed by atoms with Crippen molar-refractivity contribution in [2.45, 2.75) is 0 Å². The van der Waals surface area contributed by atoms with Crippen LogP contribution in [-0.4, -0.2) is 11.0 Å². The predicted molar refractivity (Wildman–Crippen MR) is 132 cm³/mol. The summed E-state index contributed by atoms with van der Waals surface area (Å²) in [7, 11) is 0. The molecular weight excluding hydrogens is 457 g/mol. The molecule has 5 rings (SSSR count). The first kappa shape index (κ1) is 21.1. The first-order valence-electron chi connectivity index (χ1n) is 10.2. The molecule has 0 spiro atoms.